The van der Waals surface area contributed by atoms with Crippen molar-refractivity contribution in [1.82, 2.24) is 4.57 Å². The summed E-state index contributed by atoms with van der Waals surface area (Å²) in [6.07, 6.45) is 3.69. The number of anilines is 1. The second-order valence-electron chi connectivity index (χ2n) is 4.38. The quantitative estimate of drug-likeness (QED) is 0.604. The molecule has 0 saturated carbocycles. The highest BCUT2D eigenvalue weighted by atomic mass is 16.4. The lowest BCUT2D eigenvalue weighted by Crippen LogP contribution is -2.14. The molecule has 0 aliphatic rings. The largest absolute Gasteiger partial charge is 0.419 e. The number of oxazole rings is 1. The van der Waals surface area contributed by atoms with Crippen LogP contribution < -0.4 is 11.5 Å². The van der Waals surface area contributed by atoms with Crippen LogP contribution in [-0.2, 0) is 6.54 Å². The SMILES string of the molecule is Nc1ccc2c(c1)oc(=O)n2CCCCCCO. The van der Waals surface area contributed by atoms with Gasteiger partial charge < -0.3 is 15.3 Å². The zero-order valence-electron chi connectivity index (χ0n) is 10.3. The van der Waals surface area contributed by atoms with Crippen LogP contribution in [0.15, 0.2) is 27.4 Å². The number of nitrogens with two attached hydrogens (primary N) is 1. The minimum absolute atomic E-state index is 0.230. The Bertz CT molecular complexity index is 571. The van der Waals surface area contributed by atoms with Crippen LogP contribution in [0, 0.1) is 0 Å². The molecule has 0 atom stereocenters. The minimum Gasteiger partial charge on any atom is -0.408 e. The van der Waals surface area contributed by atoms with E-state index in [0.717, 1.165) is 31.2 Å². The van der Waals surface area contributed by atoms with Crippen LogP contribution in [0.3, 0.4) is 0 Å². The number of benzene rings is 1. The summed E-state index contributed by atoms with van der Waals surface area (Å²) >= 11 is 0. The predicted octanol–water partition coefficient (Wildman–Crippen LogP) is 1.73. The number of aliphatic hydroxyl groups excluding tert-OH is 1. The molecular weight excluding hydrogens is 232 g/mol. The molecule has 5 heteroatoms. The van der Waals surface area contributed by atoms with Gasteiger partial charge >= 0.3 is 5.76 Å². The predicted molar refractivity (Wildman–Crippen MR) is 70.4 cm³/mol. The van der Waals surface area contributed by atoms with E-state index >= 15 is 0 Å². The van der Waals surface area contributed by atoms with Gasteiger partial charge in [-0.1, -0.05) is 12.8 Å². The lowest BCUT2D eigenvalue weighted by atomic mass is 10.2. The van der Waals surface area contributed by atoms with Crippen molar-refractivity contribution < 1.29 is 9.52 Å². The number of unbranched alkanes of at least 4 members (excludes halogenated alkanes) is 3. The van der Waals surface area contributed by atoms with Crippen molar-refractivity contribution in [3.63, 3.8) is 0 Å². The molecule has 0 aliphatic heterocycles. The number of aliphatic hydroxyl groups is 1. The molecule has 98 valence electrons. The van der Waals surface area contributed by atoms with E-state index in [4.69, 9.17) is 15.3 Å². The zero-order chi connectivity index (χ0) is 13.0. The normalized spacial score (nSPS) is 11.2. The number of nitrogens with zero attached hydrogens (tertiary/aromatic N) is 1. The number of hydrogen-bond acceptors (Lipinski definition) is 4. The van der Waals surface area contributed by atoms with Crippen LogP contribution in [0.2, 0.25) is 0 Å². The number of nitrogen functional groups attached to an aromatic ring is 1. The lowest BCUT2D eigenvalue weighted by molar-refractivity contribution is 0.282. The highest BCUT2D eigenvalue weighted by Crippen LogP contribution is 2.16. The van der Waals surface area contributed by atoms with E-state index in [0.29, 0.717) is 17.8 Å². The number of aryl methyl sites for hydroxylation is 1. The maximum Gasteiger partial charge on any atom is 0.419 e. The summed E-state index contributed by atoms with van der Waals surface area (Å²) in [5.74, 6) is -0.335. The maximum absolute atomic E-state index is 11.7. The monoisotopic (exact) mass is 250 g/mol. The number of aromatic nitrogens is 1. The van der Waals surface area contributed by atoms with Crippen molar-refractivity contribution in [2.24, 2.45) is 0 Å². The molecule has 1 aromatic heterocycles. The molecule has 2 aromatic rings. The van der Waals surface area contributed by atoms with E-state index in [1.807, 2.05) is 6.07 Å². The highest BCUT2D eigenvalue weighted by Gasteiger charge is 2.08. The second-order valence-corrected chi connectivity index (χ2v) is 4.38. The molecule has 0 fully saturated rings. The Kier molecular flexibility index (Phi) is 4.04. The Morgan fingerprint density at radius 1 is 1.22 bits per heavy atom. The molecule has 0 amide bonds. The van der Waals surface area contributed by atoms with Gasteiger partial charge in [0.15, 0.2) is 5.58 Å². The summed E-state index contributed by atoms with van der Waals surface area (Å²) in [5, 5.41) is 8.68. The first kappa shape index (κ1) is 12.7. The van der Waals surface area contributed by atoms with Gasteiger partial charge in [0.1, 0.15) is 0 Å². The summed E-state index contributed by atoms with van der Waals surface area (Å²) in [7, 11) is 0. The van der Waals surface area contributed by atoms with Crippen molar-refractivity contribution in [3.05, 3.63) is 28.7 Å². The van der Waals surface area contributed by atoms with Crippen LogP contribution in [-0.4, -0.2) is 16.3 Å². The fraction of sp³-hybridized carbons (Fsp3) is 0.462. The van der Waals surface area contributed by atoms with Gasteiger partial charge in [0.2, 0.25) is 0 Å². The summed E-state index contributed by atoms with van der Waals surface area (Å²) in [4.78, 5) is 11.7. The molecule has 0 saturated heterocycles. The summed E-state index contributed by atoms with van der Waals surface area (Å²) in [6.45, 7) is 0.870. The van der Waals surface area contributed by atoms with Crippen molar-refractivity contribution in [2.75, 3.05) is 12.3 Å². The van der Waals surface area contributed by atoms with E-state index in [9.17, 15) is 4.79 Å². The first-order valence-corrected chi connectivity index (χ1v) is 6.22. The van der Waals surface area contributed by atoms with E-state index in [-0.39, 0.29) is 12.4 Å². The van der Waals surface area contributed by atoms with Crippen molar-refractivity contribution in [2.45, 2.75) is 32.2 Å². The molecule has 0 aliphatic carbocycles. The fourth-order valence-electron chi connectivity index (χ4n) is 2.03. The fourth-order valence-corrected chi connectivity index (χ4v) is 2.03. The lowest BCUT2D eigenvalue weighted by Gasteiger charge is -2.02. The van der Waals surface area contributed by atoms with Gasteiger partial charge in [-0.25, -0.2) is 4.79 Å². The molecule has 18 heavy (non-hydrogen) atoms. The minimum atomic E-state index is -0.335. The molecule has 0 radical (unpaired) electrons. The van der Waals surface area contributed by atoms with Gasteiger partial charge in [0.25, 0.3) is 0 Å². The maximum atomic E-state index is 11.7. The number of rotatable bonds is 6. The number of hydrogen-bond donors (Lipinski definition) is 2. The third kappa shape index (κ3) is 2.73. The van der Waals surface area contributed by atoms with Gasteiger partial charge in [0, 0.05) is 24.9 Å². The molecule has 0 unspecified atom stereocenters. The molecule has 0 bridgehead atoms. The van der Waals surface area contributed by atoms with Crippen LogP contribution in [0.4, 0.5) is 5.69 Å². The molecule has 3 N–H and O–H groups in total. The van der Waals surface area contributed by atoms with E-state index in [1.165, 1.54) is 0 Å². The third-order valence-electron chi connectivity index (χ3n) is 2.98. The zero-order valence-corrected chi connectivity index (χ0v) is 10.3. The summed E-state index contributed by atoms with van der Waals surface area (Å²) in [6, 6.07) is 5.24. The average Bonchev–Trinajstić information content (AvgIpc) is 2.64. The van der Waals surface area contributed by atoms with Gasteiger partial charge in [-0.2, -0.15) is 0 Å². The molecule has 0 spiro atoms. The van der Waals surface area contributed by atoms with Crippen LogP contribution in [0.25, 0.3) is 11.1 Å². The molecule has 1 aromatic carbocycles. The molecular formula is C13H18N2O3. The van der Waals surface area contributed by atoms with Gasteiger partial charge in [0.05, 0.1) is 5.52 Å². The van der Waals surface area contributed by atoms with Gasteiger partial charge in [-0.05, 0) is 25.0 Å². The van der Waals surface area contributed by atoms with Gasteiger partial charge in [-0.15, -0.1) is 0 Å². The first-order valence-electron chi connectivity index (χ1n) is 6.22. The van der Waals surface area contributed by atoms with Crippen molar-refractivity contribution in [1.29, 1.82) is 0 Å². The van der Waals surface area contributed by atoms with E-state index in [1.54, 1.807) is 16.7 Å². The first-order chi connectivity index (χ1) is 8.72. The average molecular weight is 250 g/mol. The Hall–Kier alpha value is -1.75. The Balaban J connectivity index is 2.08. The van der Waals surface area contributed by atoms with Gasteiger partial charge in [-0.3, -0.25) is 4.57 Å². The standard InChI is InChI=1S/C13H18N2O3/c14-10-5-6-11-12(9-10)18-13(17)15(11)7-3-1-2-4-8-16/h5-6,9,16H,1-4,7-8,14H2. The Morgan fingerprint density at radius 2 is 2.00 bits per heavy atom. The van der Waals surface area contributed by atoms with Crippen LogP contribution in [0.1, 0.15) is 25.7 Å². The molecule has 1 heterocycles. The Morgan fingerprint density at radius 3 is 2.78 bits per heavy atom. The van der Waals surface area contributed by atoms with Crippen LogP contribution in [0.5, 0.6) is 0 Å². The van der Waals surface area contributed by atoms with Crippen molar-refractivity contribution in [3.8, 4) is 0 Å². The van der Waals surface area contributed by atoms with Crippen molar-refractivity contribution >= 4 is 16.8 Å². The Labute approximate surface area is 105 Å². The summed E-state index contributed by atoms with van der Waals surface area (Å²) in [5.41, 5.74) is 7.56. The number of fused-ring (bicyclic) bond motifs is 1. The molecule has 2 rings (SSSR count). The molecule has 5 nitrogen and oxygen atoms in total. The van der Waals surface area contributed by atoms with Crippen LogP contribution >= 0.6 is 0 Å². The third-order valence-corrected chi connectivity index (χ3v) is 2.98. The summed E-state index contributed by atoms with van der Waals surface area (Å²) < 4.78 is 6.78. The smallest absolute Gasteiger partial charge is 0.408 e. The highest BCUT2D eigenvalue weighted by molar-refractivity contribution is 5.76. The second kappa shape index (κ2) is 5.73. The van der Waals surface area contributed by atoms with E-state index < -0.39 is 0 Å². The topological polar surface area (TPSA) is 81.4 Å². The van der Waals surface area contributed by atoms with E-state index in [2.05, 4.69) is 0 Å².